The monoisotopic (exact) mass is 293 g/mol. The number of rotatable bonds is 6. The van der Waals surface area contributed by atoms with E-state index in [9.17, 15) is 4.79 Å². The fraction of sp³-hybridized carbons (Fsp3) is 0.667. The molecule has 2 rings (SSSR count). The van der Waals surface area contributed by atoms with Crippen molar-refractivity contribution < 1.29 is 14.6 Å². The molecule has 0 aliphatic carbocycles. The number of ether oxygens (including phenoxy) is 1. The number of carboxylic acids is 1. The summed E-state index contributed by atoms with van der Waals surface area (Å²) >= 11 is 0. The van der Waals surface area contributed by atoms with Gasteiger partial charge in [-0.1, -0.05) is 0 Å². The molecule has 1 atom stereocenters. The first-order chi connectivity index (χ1) is 10.1. The van der Waals surface area contributed by atoms with Gasteiger partial charge in [-0.2, -0.15) is 0 Å². The average Bonchev–Trinajstić information content (AvgIpc) is 2.48. The Morgan fingerprint density at radius 2 is 2.29 bits per heavy atom. The van der Waals surface area contributed by atoms with Crippen LogP contribution in [0.2, 0.25) is 0 Å². The van der Waals surface area contributed by atoms with Crippen molar-refractivity contribution in [1.82, 2.24) is 9.97 Å². The lowest BCUT2D eigenvalue weighted by Gasteiger charge is -2.37. The van der Waals surface area contributed by atoms with E-state index in [4.69, 9.17) is 9.84 Å². The smallest absolute Gasteiger partial charge is 0.303 e. The highest BCUT2D eigenvalue weighted by Crippen LogP contribution is 2.30. The highest BCUT2D eigenvalue weighted by Gasteiger charge is 2.26. The first-order valence-electron chi connectivity index (χ1n) is 7.56. The van der Waals surface area contributed by atoms with Crippen LogP contribution in [-0.2, 0) is 4.79 Å². The number of aromatic nitrogens is 2. The Labute approximate surface area is 125 Å². The molecule has 116 valence electrons. The van der Waals surface area contributed by atoms with E-state index in [0.29, 0.717) is 18.9 Å². The van der Waals surface area contributed by atoms with Crippen molar-refractivity contribution in [3.05, 3.63) is 11.9 Å². The van der Waals surface area contributed by atoms with Crippen LogP contribution in [0.5, 0.6) is 5.88 Å². The van der Waals surface area contributed by atoms with Crippen molar-refractivity contribution in [2.45, 2.75) is 52.0 Å². The lowest BCUT2D eigenvalue weighted by Crippen LogP contribution is -2.41. The van der Waals surface area contributed by atoms with Crippen LogP contribution in [0.15, 0.2) is 6.33 Å². The van der Waals surface area contributed by atoms with Crippen molar-refractivity contribution in [2.24, 2.45) is 0 Å². The molecular weight excluding hydrogens is 270 g/mol. The topological polar surface area (TPSA) is 75.6 Å². The Hall–Kier alpha value is -1.85. The van der Waals surface area contributed by atoms with Gasteiger partial charge in [-0.05, 0) is 39.5 Å². The van der Waals surface area contributed by atoms with Crippen LogP contribution in [-0.4, -0.2) is 40.2 Å². The molecule has 0 radical (unpaired) electrons. The van der Waals surface area contributed by atoms with Gasteiger partial charge in [0, 0.05) is 19.0 Å². The van der Waals surface area contributed by atoms with Gasteiger partial charge < -0.3 is 14.7 Å². The Morgan fingerprint density at radius 3 is 3.00 bits per heavy atom. The Kier molecular flexibility index (Phi) is 5.36. The summed E-state index contributed by atoms with van der Waals surface area (Å²) in [6, 6.07) is 0.234. The number of nitrogens with zero attached hydrogens (tertiary/aromatic N) is 3. The van der Waals surface area contributed by atoms with E-state index in [0.717, 1.165) is 37.2 Å². The molecule has 1 fully saturated rings. The van der Waals surface area contributed by atoms with Gasteiger partial charge in [-0.25, -0.2) is 9.97 Å². The molecule has 1 aliphatic rings. The van der Waals surface area contributed by atoms with Crippen LogP contribution in [0.4, 0.5) is 5.82 Å². The first-order valence-corrected chi connectivity index (χ1v) is 7.56. The van der Waals surface area contributed by atoms with Gasteiger partial charge in [0.15, 0.2) is 0 Å². The van der Waals surface area contributed by atoms with Crippen LogP contribution in [0.1, 0.15) is 44.6 Å². The second-order valence-electron chi connectivity index (χ2n) is 5.34. The SMILES string of the molecule is CCOc1ncnc(N2CCCCC2CCC(=O)O)c1C. The van der Waals surface area contributed by atoms with Gasteiger partial charge >= 0.3 is 5.97 Å². The maximum atomic E-state index is 10.8. The number of hydrogen-bond donors (Lipinski definition) is 1. The molecule has 0 saturated carbocycles. The highest BCUT2D eigenvalue weighted by molar-refractivity contribution is 5.66. The maximum absolute atomic E-state index is 10.8. The third-order valence-corrected chi connectivity index (χ3v) is 3.88. The third kappa shape index (κ3) is 3.83. The summed E-state index contributed by atoms with van der Waals surface area (Å²) in [5, 5.41) is 8.91. The molecule has 0 spiro atoms. The van der Waals surface area contributed by atoms with Gasteiger partial charge in [-0.3, -0.25) is 4.79 Å². The zero-order valence-electron chi connectivity index (χ0n) is 12.7. The van der Waals surface area contributed by atoms with Gasteiger partial charge in [0.25, 0.3) is 0 Å². The molecule has 1 aliphatic heterocycles. The number of carbonyl (C=O) groups is 1. The average molecular weight is 293 g/mol. The number of anilines is 1. The summed E-state index contributed by atoms with van der Waals surface area (Å²) in [7, 11) is 0. The molecule has 6 nitrogen and oxygen atoms in total. The molecule has 2 heterocycles. The predicted molar refractivity (Wildman–Crippen MR) is 79.8 cm³/mol. The van der Waals surface area contributed by atoms with Gasteiger partial charge in [-0.15, -0.1) is 0 Å². The van der Waals surface area contributed by atoms with E-state index in [1.165, 1.54) is 6.33 Å². The predicted octanol–water partition coefficient (Wildman–Crippen LogP) is 2.41. The summed E-state index contributed by atoms with van der Waals surface area (Å²) in [6.07, 6.45) is 5.64. The minimum absolute atomic E-state index is 0.198. The number of piperidine rings is 1. The highest BCUT2D eigenvalue weighted by atomic mass is 16.5. The standard InChI is InChI=1S/C15H23N3O3/c1-3-21-15-11(2)14(16-10-17-15)18-9-5-4-6-12(18)7-8-13(19)20/h10,12H,3-9H2,1-2H3,(H,19,20). The summed E-state index contributed by atoms with van der Waals surface area (Å²) in [5.41, 5.74) is 0.932. The molecule has 1 aromatic rings. The molecule has 1 saturated heterocycles. The minimum Gasteiger partial charge on any atom is -0.481 e. The summed E-state index contributed by atoms with van der Waals surface area (Å²) in [5.74, 6) is 0.753. The molecule has 6 heteroatoms. The van der Waals surface area contributed by atoms with Gasteiger partial charge in [0.05, 0.1) is 12.2 Å². The zero-order valence-corrected chi connectivity index (χ0v) is 12.7. The summed E-state index contributed by atoms with van der Waals surface area (Å²) < 4.78 is 5.53. The van der Waals surface area contributed by atoms with Crippen molar-refractivity contribution in [3.63, 3.8) is 0 Å². The number of carboxylic acid groups (broad SMARTS) is 1. The summed E-state index contributed by atoms with van der Waals surface area (Å²) in [6.45, 7) is 5.37. The first kappa shape index (κ1) is 15.5. The van der Waals surface area contributed by atoms with E-state index in [1.54, 1.807) is 0 Å². The molecule has 0 amide bonds. The fourth-order valence-electron chi connectivity index (χ4n) is 2.87. The van der Waals surface area contributed by atoms with Crippen molar-refractivity contribution >= 4 is 11.8 Å². The van der Waals surface area contributed by atoms with Crippen molar-refractivity contribution in [1.29, 1.82) is 0 Å². The number of aliphatic carboxylic acids is 1. The van der Waals surface area contributed by atoms with Crippen LogP contribution >= 0.6 is 0 Å². The summed E-state index contributed by atoms with van der Waals surface area (Å²) in [4.78, 5) is 21.6. The normalized spacial score (nSPS) is 18.6. The minimum atomic E-state index is -0.741. The molecule has 1 unspecified atom stereocenters. The molecule has 1 aromatic heterocycles. The lowest BCUT2D eigenvalue weighted by atomic mass is 9.97. The molecule has 0 aromatic carbocycles. The van der Waals surface area contributed by atoms with E-state index in [-0.39, 0.29) is 12.5 Å². The molecule has 21 heavy (non-hydrogen) atoms. The van der Waals surface area contributed by atoms with Gasteiger partial charge in [0.2, 0.25) is 5.88 Å². The second-order valence-corrected chi connectivity index (χ2v) is 5.34. The van der Waals surface area contributed by atoms with Crippen LogP contribution in [0, 0.1) is 6.92 Å². The van der Waals surface area contributed by atoms with Crippen LogP contribution in [0.3, 0.4) is 0 Å². The Morgan fingerprint density at radius 1 is 1.48 bits per heavy atom. The maximum Gasteiger partial charge on any atom is 0.303 e. The van der Waals surface area contributed by atoms with Crippen molar-refractivity contribution in [2.75, 3.05) is 18.1 Å². The second kappa shape index (κ2) is 7.24. The van der Waals surface area contributed by atoms with E-state index < -0.39 is 5.97 Å². The Balaban J connectivity index is 2.20. The molecular formula is C15H23N3O3. The van der Waals surface area contributed by atoms with Crippen LogP contribution in [0.25, 0.3) is 0 Å². The largest absolute Gasteiger partial charge is 0.481 e. The molecule has 1 N–H and O–H groups in total. The van der Waals surface area contributed by atoms with E-state index in [1.807, 2.05) is 13.8 Å². The van der Waals surface area contributed by atoms with Crippen LogP contribution < -0.4 is 9.64 Å². The molecule has 0 bridgehead atoms. The quantitative estimate of drug-likeness (QED) is 0.868. The number of hydrogen-bond acceptors (Lipinski definition) is 5. The lowest BCUT2D eigenvalue weighted by molar-refractivity contribution is -0.137. The Bertz CT molecular complexity index is 493. The van der Waals surface area contributed by atoms with Gasteiger partial charge in [0.1, 0.15) is 12.1 Å². The fourth-order valence-corrected chi connectivity index (χ4v) is 2.87. The van der Waals surface area contributed by atoms with Crippen molar-refractivity contribution in [3.8, 4) is 5.88 Å². The van der Waals surface area contributed by atoms with E-state index in [2.05, 4.69) is 14.9 Å². The van der Waals surface area contributed by atoms with E-state index >= 15 is 0 Å². The third-order valence-electron chi connectivity index (χ3n) is 3.88. The zero-order chi connectivity index (χ0) is 15.2.